The van der Waals surface area contributed by atoms with E-state index in [0.29, 0.717) is 6.61 Å². The molecule has 0 radical (unpaired) electrons. The van der Waals surface area contributed by atoms with E-state index in [0.717, 1.165) is 29.3 Å². The molecule has 2 atom stereocenters. The normalized spacial score (nSPS) is 13.1. The van der Waals surface area contributed by atoms with Crippen LogP contribution in [-0.2, 0) is 11.2 Å². The Morgan fingerprint density at radius 3 is 2.42 bits per heavy atom. The average Bonchev–Trinajstić information content (AvgIpc) is 2.62. The van der Waals surface area contributed by atoms with E-state index < -0.39 is 0 Å². The smallest absolute Gasteiger partial charge is 0.282 e. The molecule has 128 valence electrons. The molecule has 2 aromatic rings. The van der Waals surface area contributed by atoms with Crippen molar-refractivity contribution in [1.29, 1.82) is 0 Å². The molecule has 2 rings (SSSR count). The van der Waals surface area contributed by atoms with Crippen LogP contribution in [0.15, 0.2) is 54.6 Å². The van der Waals surface area contributed by atoms with Gasteiger partial charge in [-0.3, -0.25) is 4.79 Å². The first-order valence-corrected chi connectivity index (χ1v) is 8.50. The molecule has 0 saturated carbocycles. The van der Waals surface area contributed by atoms with Crippen LogP contribution in [0.1, 0.15) is 19.4 Å². The Bertz CT molecular complexity index is 626. The van der Waals surface area contributed by atoms with Crippen LogP contribution in [0, 0.1) is 0 Å². The number of ether oxygens (including phenoxy) is 1. The van der Waals surface area contributed by atoms with Crippen molar-refractivity contribution >= 4 is 11.6 Å². The molecule has 0 fully saturated rings. The fourth-order valence-corrected chi connectivity index (χ4v) is 2.36. The zero-order valence-electron chi connectivity index (χ0n) is 14.7. The molecule has 0 aliphatic heterocycles. The second kappa shape index (κ2) is 9.08. The van der Waals surface area contributed by atoms with Crippen LogP contribution in [0.2, 0.25) is 0 Å². The van der Waals surface area contributed by atoms with E-state index in [1.165, 1.54) is 5.56 Å². The van der Waals surface area contributed by atoms with Gasteiger partial charge in [-0.05, 0) is 43.2 Å². The van der Waals surface area contributed by atoms with E-state index in [1.807, 2.05) is 68.6 Å². The lowest BCUT2D eigenvalue weighted by molar-refractivity contribution is -0.894. The highest BCUT2D eigenvalue weighted by atomic mass is 16.5. The highest BCUT2D eigenvalue weighted by Crippen LogP contribution is 2.10. The number of anilines is 1. The first-order chi connectivity index (χ1) is 11.6. The van der Waals surface area contributed by atoms with Gasteiger partial charge in [0.2, 0.25) is 0 Å². The summed E-state index contributed by atoms with van der Waals surface area (Å²) in [6.45, 7) is 5.40. The SMILES string of the molecule is CCc1ccc(NC(=O)[C@H](C)[NH+](C)CCOc2ccccc2)cc1. The molecule has 1 amide bonds. The highest BCUT2D eigenvalue weighted by molar-refractivity contribution is 5.93. The second-order valence-electron chi connectivity index (χ2n) is 6.02. The Morgan fingerprint density at radius 2 is 1.79 bits per heavy atom. The number of nitrogens with one attached hydrogen (secondary N) is 2. The van der Waals surface area contributed by atoms with Gasteiger partial charge in [-0.15, -0.1) is 0 Å². The van der Waals surface area contributed by atoms with Crippen LogP contribution in [-0.4, -0.2) is 32.1 Å². The number of hydrogen-bond acceptors (Lipinski definition) is 2. The first-order valence-electron chi connectivity index (χ1n) is 8.50. The molecule has 0 saturated heterocycles. The molecule has 1 unspecified atom stereocenters. The third-order valence-corrected chi connectivity index (χ3v) is 4.27. The summed E-state index contributed by atoms with van der Waals surface area (Å²) in [6, 6.07) is 17.6. The highest BCUT2D eigenvalue weighted by Gasteiger charge is 2.21. The summed E-state index contributed by atoms with van der Waals surface area (Å²) < 4.78 is 5.70. The number of para-hydroxylation sites is 1. The van der Waals surface area contributed by atoms with Gasteiger partial charge < -0.3 is 15.0 Å². The number of quaternary nitrogens is 1. The van der Waals surface area contributed by atoms with Gasteiger partial charge in [-0.2, -0.15) is 0 Å². The Morgan fingerprint density at radius 1 is 1.12 bits per heavy atom. The summed E-state index contributed by atoms with van der Waals surface area (Å²) in [6.07, 6.45) is 0.999. The Kier molecular flexibility index (Phi) is 6.82. The Balaban J connectivity index is 1.78. The summed E-state index contributed by atoms with van der Waals surface area (Å²) >= 11 is 0. The van der Waals surface area contributed by atoms with Crippen molar-refractivity contribution in [2.24, 2.45) is 0 Å². The predicted octanol–water partition coefficient (Wildman–Crippen LogP) is 2.17. The minimum Gasteiger partial charge on any atom is -0.488 e. The molecule has 24 heavy (non-hydrogen) atoms. The maximum Gasteiger partial charge on any atom is 0.282 e. The monoisotopic (exact) mass is 327 g/mol. The second-order valence-corrected chi connectivity index (χ2v) is 6.02. The molecule has 0 aromatic heterocycles. The minimum atomic E-state index is -0.143. The van der Waals surface area contributed by atoms with Crippen molar-refractivity contribution in [3.8, 4) is 5.75 Å². The van der Waals surface area contributed by atoms with E-state index in [4.69, 9.17) is 4.74 Å². The number of hydrogen-bond donors (Lipinski definition) is 2. The van der Waals surface area contributed by atoms with Crippen molar-refractivity contribution in [2.45, 2.75) is 26.3 Å². The van der Waals surface area contributed by atoms with Crippen molar-refractivity contribution < 1.29 is 14.4 Å². The van der Waals surface area contributed by atoms with Gasteiger partial charge in [0.1, 0.15) is 18.9 Å². The van der Waals surface area contributed by atoms with E-state index in [-0.39, 0.29) is 11.9 Å². The van der Waals surface area contributed by atoms with Gasteiger partial charge in [-0.25, -0.2) is 0 Å². The number of benzene rings is 2. The topological polar surface area (TPSA) is 42.8 Å². The third kappa shape index (κ3) is 5.39. The molecule has 0 heterocycles. The summed E-state index contributed by atoms with van der Waals surface area (Å²) in [5.74, 6) is 0.884. The molecular formula is C20H27N2O2+. The zero-order valence-corrected chi connectivity index (χ0v) is 14.7. The molecule has 4 nitrogen and oxygen atoms in total. The van der Waals surface area contributed by atoms with Crippen LogP contribution in [0.4, 0.5) is 5.69 Å². The van der Waals surface area contributed by atoms with Crippen molar-refractivity contribution in [1.82, 2.24) is 0 Å². The van der Waals surface area contributed by atoms with Gasteiger partial charge in [-0.1, -0.05) is 37.3 Å². The molecular weight excluding hydrogens is 300 g/mol. The number of carbonyl (C=O) groups excluding carboxylic acids is 1. The molecule has 4 heteroatoms. The number of amides is 1. The fraction of sp³-hybridized carbons (Fsp3) is 0.350. The number of rotatable bonds is 8. The lowest BCUT2D eigenvalue weighted by atomic mass is 10.1. The molecule has 0 bridgehead atoms. The van der Waals surface area contributed by atoms with Crippen molar-refractivity contribution in [3.63, 3.8) is 0 Å². The lowest BCUT2D eigenvalue weighted by Crippen LogP contribution is -3.14. The van der Waals surface area contributed by atoms with Crippen LogP contribution >= 0.6 is 0 Å². The van der Waals surface area contributed by atoms with Crippen molar-refractivity contribution in [2.75, 3.05) is 25.5 Å². The Hall–Kier alpha value is -2.33. The van der Waals surface area contributed by atoms with Gasteiger partial charge in [0.05, 0.1) is 7.05 Å². The largest absolute Gasteiger partial charge is 0.488 e. The summed E-state index contributed by atoms with van der Waals surface area (Å²) in [7, 11) is 2.01. The molecule has 2 aromatic carbocycles. The summed E-state index contributed by atoms with van der Waals surface area (Å²) in [5, 5.41) is 2.98. The van der Waals surface area contributed by atoms with E-state index in [9.17, 15) is 4.79 Å². The van der Waals surface area contributed by atoms with Crippen LogP contribution in [0.25, 0.3) is 0 Å². The number of carbonyl (C=O) groups is 1. The van der Waals surface area contributed by atoms with Gasteiger partial charge >= 0.3 is 0 Å². The fourth-order valence-electron chi connectivity index (χ4n) is 2.36. The van der Waals surface area contributed by atoms with E-state index in [1.54, 1.807) is 0 Å². The molecule has 0 aliphatic carbocycles. The molecule has 0 aliphatic rings. The van der Waals surface area contributed by atoms with Gasteiger partial charge in [0, 0.05) is 5.69 Å². The molecule has 2 N–H and O–H groups in total. The predicted molar refractivity (Wildman–Crippen MR) is 97.6 cm³/mol. The number of likely N-dealkylation sites (N-methyl/N-ethyl adjacent to an activating group) is 1. The standard InChI is InChI=1S/C20H26N2O2/c1-4-17-10-12-18(13-11-17)21-20(23)16(2)22(3)14-15-24-19-8-6-5-7-9-19/h5-13,16H,4,14-15H2,1-3H3,(H,21,23)/p+1/t16-/m0/s1. The maximum absolute atomic E-state index is 12.4. The van der Waals surface area contributed by atoms with Gasteiger partial charge in [0.25, 0.3) is 5.91 Å². The van der Waals surface area contributed by atoms with Crippen LogP contribution < -0.4 is 15.0 Å². The average molecular weight is 327 g/mol. The summed E-state index contributed by atoms with van der Waals surface area (Å²) in [4.78, 5) is 13.5. The third-order valence-electron chi connectivity index (χ3n) is 4.27. The first kappa shape index (κ1) is 18.0. The zero-order chi connectivity index (χ0) is 17.4. The van der Waals surface area contributed by atoms with Gasteiger partial charge in [0.15, 0.2) is 6.04 Å². The maximum atomic E-state index is 12.4. The van der Waals surface area contributed by atoms with E-state index >= 15 is 0 Å². The van der Waals surface area contributed by atoms with E-state index in [2.05, 4.69) is 12.2 Å². The summed E-state index contributed by atoms with van der Waals surface area (Å²) in [5.41, 5.74) is 2.11. The number of aryl methyl sites for hydroxylation is 1. The van der Waals surface area contributed by atoms with Crippen LogP contribution in [0.5, 0.6) is 5.75 Å². The molecule has 0 spiro atoms. The van der Waals surface area contributed by atoms with Crippen LogP contribution in [0.3, 0.4) is 0 Å². The van der Waals surface area contributed by atoms with Crippen molar-refractivity contribution in [3.05, 3.63) is 60.2 Å². The lowest BCUT2D eigenvalue weighted by Gasteiger charge is -2.21. The quantitative estimate of drug-likeness (QED) is 0.780. The Labute approximate surface area is 144 Å². The minimum absolute atomic E-state index is 0.0245.